The fraction of sp³-hybridized carbons (Fsp3) is 0.207. The van der Waals surface area contributed by atoms with E-state index in [0.717, 1.165) is 17.3 Å². The second-order valence-corrected chi connectivity index (χ2v) is 8.53. The van der Waals surface area contributed by atoms with Gasteiger partial charge in [0, 0.05) is 48.2 Å². The average Bonchev–Trinajstić information content (AvgIpc) is 3.50. The Morgan fingerprint density at radius 1 is 1.06 bits per heavy atom. The number of rotatable bonds is 5. The molecule has 4 aromatic rings. The van der Waals surface area contributed by atoms with Crippen molar-refractivity contribution in [2.24, 2.45) is 0 Å². The topological polar surface area (TPSA) is 70.9 Å². The Kier molecular flexibility index (Phi) is 6.42. The standard InChI is InChI=1S/C25H19N3O2.C4H7N/c1-2-30-24-13-6-5-12-23(24)28-17-19(22-11-7-8-14-27-22)15-21(25(28)29)20-10-4-3-9-18(20)16-26;1-2-5-3-4(1)5/h3-15,17H,2H2,1H3;4H,1-3H2. The van der Waals surface area contributed by atoms with Crippen LogP contribution in [0, 0.1) is 11.3 Å². The van der Waals surface area contributed by atoms with Crippen molar-refractivity contribution in [2.75, 3.05) is 19.7 Å². The van der Waals surface area contributed by atoms with Crippen molar-refractivity contribution in [2.45, 2.75) is 19.4 Å². The van der Waals surface area contributed by atoms with Gasteiger partial charge in [0.25, 0.3) is 5.56 Å². The first-order chi connectivity index (χ1) is 17.2. The fourth-order valence-electron chi connectivity index (χ4n) is 4.28. The lowest BCUT2D eigenvalue weighted by Gasteiger charge is -2.15. The van der Waals surface area contributed by atoms with Crippen molar-refractivity contribution in [1.82, 2.24) is 14.5 Å². The van der Waals surface area contributed by atoms with Gasteiger partial charge in [0.1, 0.15) is 5.75 Å². The van der Waals surface area contributed by atoms with Gasteiger partial charge in [0.2, 0.25) is 0 Å². The molecule has 6 rings (SSSR count). The van der Waals surface area contributed by atoms with E-state index < -0.39 is 0 Å². The third-order valence-electron chi connectivity index (χ3n) is 6.32. The summed E-state index contributed by atoms with van der Waals surface area (Å²) in [6.45, 7) is 5.19. The molecule has 0 aliphatic carbocycles. The van der Waals surface area contributed by atoms with Crippen LogP contribution in [-0.4, -0.2) is 40.2 Å². The summed E-state index contributed by atoms with van der Waals surface area (Å²) in [4.78, 5) is 20.5. The number of aromatic nitrogens is 2. The smallest absolute Gasteiger partial charge is 0.263 e. The quantitative estimate of drug-likeness (QED) is 0.394. The Labute approximate surface area is 204 Å². The zero-order chi connectivity index (χ0) is 24.2. The normalized spacial score (nSPS) is 17.1. The van der Waals surface area contributed by atoms with Gasteiger partial charge in [-0.2, -0.15) is 5.26 Å². The number of para-hydroxylation sites is 2. The van der Waals surface area contributed by atoms with Gasteiger partial charge >= 0.3 is 0 Å². The maximum absolute atomic E-state index is 13.6. The first kappa shape index (κ1) is 22.6. The monoisotopic (exact) mass is 462 g/mol. The van der Waals surface area contributed by atoms with Crippen LogP contribution in [0.2, 0.25) is 0 Å². The predicted molar refractivity (Wildman–Crippen MR) is 137 cm³/mol. The van der Waals surface area contributed by atoms with Crippen molar-refractivity contribution >= 4 is 0 Å². The largest absolute Gasteiger partial charge is 0.492 e. The molecule has 2 unspecified atom stereocenters. The summed E-state index contributed by atoms with van der Waals surface area (Å²) in [7, 11) is 0. The van der Waals surface area contributed by atoms with E-state index in [2.05, 4.69) is 16.0 Å². The lowest BCUT2D eigenvalue weighted by atomic mass is 9.99. The molecule has 2 aliphatic heterocycles. The lowest BCUT2D eigenvalue weighted by Crippen LogP contribution is -2.21. The number of nitriles is 1. The molecule has 2 aromatic heterocycles. The first-order valence-corrected chi connectivity index (χ1v) is 11.8. The highest BCUT2D eigenvalue weighted by molar-refractivity contribution is 5.75. The average molecular weight is 463 g/mol. The lowest BCUT2D eigenvalue weighted by molar-refractivity contribution is 0.339. The highest BCUT2D eigenvalue weighted by Crippen LogP contribution is 2.30. The van der Waals surface area contributed by atoms with Gasteiger partial charge in [-0.25, -0.2) is 0 Å². The molecule has 35 heavy (non-hydrogen) atoms. The van der Waals surface area contributed by atoms with Crippen LogP contribution in [-0.2, 0) is 0 Å². The van der Waals surface area contributed by atoms with E-state index in [4.69, 9.17) is 4.74 Å². The highest BCUT2D eigenvalue weighted by Gasteiger charge is 2.41. The third-order valence-corrected chi connectivity index (χ3v) is 6.32. The minimum atomic E-state index is -0.232. The Balaban J connectivity index is 0.000000442. The van der Waals surface area contributed by atoms with Gasteiger partial charge in [0.15, 0.2) is 0 Å². The van der Waals surface area contributed by atoms with E-state index in [1.807, 2.05) is 55.5 Å². The summed E-state index contributed by atoms with van der Waals surface area (Å²) in [5.74, 6) is 0.611. The molecule has 174 valence electrons. The molecule has 6 nitrogen and oxygen atoms in total. The maximum Gasteiger partial charge on any atom is 0.263 e. The van der Waals surface area contributed by atoms with Gasteiger partial charge in [-0.15, -0.1) is 0 Å². The molecule has 2 atom stereocenters. The Morgan fingerprint density at radius 2 is 1.83 bits per heavy atom. The van der Waals surface area contributed by atoms with E-state index in [9.17, 15) is 10.1 Å². The third kappa shape index (κ3) is 4.72. The molecule has 2 saturated heterocycles. The van der Waals surface area contributed by atoms with Crippen LogP contribution >= 0.6 is 0 Å². The molecule has 0 spiro atoms. The number of nitrogens with zero attached hydrogens (tertiary/aromatic N) is 4. The summed E-state index contributed by atoms with van der Waals surface area (Å²) < 4.78 is 7.32. The van der Waals surface area contributed by atoms with E-state index in [0.29, 0.717) is 34.7 Å². The number of hydrogen-bond donors (Lipinski definition) is 0. The maximum atomic E-state index is 13.6. The van der Waals surface area contributed by atoms with Gasteiger partial charge in [-0.3, -0.25) is 19.2 Å². The van der Waals surface area contributed by atoms with Crippen molar-refractivity contribution < 1.29 is 4.74 Å². The summed E-state index contributed by atoms with van der Waals surface area (Å²) in [5.41, 5.74) is 3.37. The van der Waals surface area contributed by atoms with Crippen LogP contribution in [0.4, 0.5) is 0 Å². The van der Waals surface area contributed by atoms with Gasteiger partial charge < -0.3 is 4.74 Å². The number of pyridine rings is 2. The van der Waals surface area contributed by atoms with Crippen LogP contribution in [0.3, 0.4) is 0 Å². The van der Waals surface area contributed by atoms with Crippen molar-refractivity contribution in [3.05, 3.63) is 101 Å². The second kappa shape index (κ2) is 9.96. The second-order valence-electron chi connectivity index (χ2n) is 8.53. The van der Waals surface area contributed by atoms with Crippen molar-refractivity contribution in [1.29, 1.82) is 5.26 Å². The van der Waals surface area contributed by atoms with E-state index in [-0.39, 0.29) is 5.56 Å². The van der Waals surface area contributed by atoms with Crippen LogP contribution < -0.4 is 10.3 Å². The minimum Gasteiger partial charge on any atom is -0.492 e. The molecule has 2 fully saturated rings. The van der Waals surface area contributed by atoms with E-state index in [1.54, 1.807) is 41.2 Å². The van der Waals surface area contributed by atoms with E-state index in [1.165, 1.54) is 19.5 Å². The molecule has 0 bridgehead atoms. The molecular weight excluding hydrogens is 436 g/mol. The van der Waals surface area contributed by atoms with Crippen LogP contribution in [0.25, 0.3) is 28.1 Å². The summed E-state index contributed by atoms with van der Waals surface area (Å²) in [6, 6.07) is 25.2. The summed E-state index contributed by atoms with van der Waals surface area (Å²) >= 11 is 0. The SMILES string of the molecule is C1CN2CC12.CCOc1ccccc1-n1cc(-c2ccccn2)cc(-c2ccccc2C#N)c1=O. The zero-order valence-electron chi connectivity index (χ0n) is 19.6. The minimum absolute atomic E-state index is 0.232. The predicted octanol–water partition coefficient (Wildman–Crippen LogP) is 4.91. The molecular formula is C29H26N4O2. The van der Waals surface area contributed by atoms with Crippen molar-refractivity contribution in [3.8, 4) is 39.9 Å². The van der Waals surface area contributed by atoms with E-state index >= 15 is 0 Å². The van der Waals surface area contributed by atoms with Crippen LogP contribution in [0.5, 0.6) is 5.75 Å². The highest BCUT2D eigenvalue weighted by atomic mass is 16.5. The molecule has 2 aliphatic rings. The summed E-state index contributed by atoms with van der Waals surface area (Å²) in [5, 5.41) is 9.57. The molecule has 4 heterocycles. The van der Waals surface area contributed by atoms with Crippen LogP contribution in [0.15, 0.2) is 90.0 Å². The molecule has 0 radical (unpaired) electrons. The first-order valence-electron chi connectivity index (χ1n) is 11.8. The molecule has 0 saturated carbocycles. The zero-order valence-corrected chi connectivity index (χ0v) is 19.6. The van der Waals surface area contributed by atoms with Gasteiger partial charge in [0.05, 0.1) is 29.6 Å². The Bertz CT molecular complexity index is 1430. The number of hydrogen-bond acceptors (Lipinski definition) is 5. The fourth-order valence-corrected chi connectivity index (χ4v) is 4.28. The van der Waals surface area contributed by atoms with Gasteiger partial charge in [-0.1, -0.05) is 36.4 Å². The number of ether oxygens (including phenoxy) is 1. The Hall–Kier alpha value is -4.21. The molecule has 0 N–H and O–H groups in total. The van der Waals surface area contributed by atoms with Gasteiger partial charge in [-0.05, 0) is 49.7 Å². The molecule has 2 aromatic carbocycles. The van der Waals surface area contributed by atoms with Crippen molar-refractivity contribution in [3.63, 3.8) is 0 Å². The number of fused-ring (bicyclic) bond motifs is 1. The van der Waals surface area contributed by atoms with Crippen LogP contribution in [0.1, 0.15) is 18.9 Å². The number of benzene rings is 2. The molecule has 6 heteroatoms. The molecule has 0 amide bonds. The Morgan fingerprint density at radius 3 is 2.49 bits per heavy atom. The summed E-state index contributed by atoms with van der Waals surface area (Å²) in [6.07, 6.45) is 4.96.